The fourth-order valence-corrected chi connectivity index (χ4v) is 3.02. The van der Waals surface area contributed by atoms with E-state index >= 15 is 0 Å². The molecule has 1 saturated heterocycles. The smallest absolute Gasteiger partial charge is 0.119 e. The summed E-state index contributed by atoms with van der Waals surface area (Å²) in [5.41, 5.74) is 2.42. The normalized spacial score (nSPS) is 19.4. The van der Waals surface area contributed by atoms with Gasteiger partial charge in [-0.1, -0.05) is 18.6 Å². The molecule has 4 nitrogen and oxygen atoms in total. The zero-order chi connectivity index (χ0) is 14.5. The van der Waals surface area contributed by atoms with E-state index in [1.54, 1.807) is 13.4 Å². The molecule has 0 N–H and O–H groups in total. The molecule has 1 fully saturated rings. The Bertz CT molecular complexity index is 573. The molecule has 21 heavy (non-hydrogen) atoms. The number of benzene rings is 1. The minimum absolute atomic E-state index is 0.396. The van der Waals surface area contributed by atoms with Crippen LogP contribution in [0.3, 0.4) is 0 Å². The van der Waals surface area contributed by atoms with Gasteiger partial charge in [-0.25, -0.2) is 9.97 Å². The van der Waals surface area contributed by atoms with Crippen LogP contribution >= 0.6 is 0 Å². The summed E-state index contributed by atoms with van der Waals surface area (Å²) in [6.07, 6.45) is 7.17. The van der Waals surface area contributed by atoms with Crippen molar-refractivity contribution in [1.82, 2.24) is 14.9 Å². The molecule has 1 aliphatic rings. The van der Waals surface area contributed by atoms with Crippen molar-refractivity contribution < 1.29 is 4.74 Å². The van der Waals surface area contributed by atoms with Crippen LogP contribution in [0.25, 0.3) is 0 Å². The summed E-state index contributed by atoms with van der Waals surface area (Å²) in [5, 5.41) is 0. The molecule has 0 radical (unpaired) electrons. The lowest BCUT2D eigenvalue weighted by molar-refractivity contribution is 0.137. The Kier molecular flexibility index (Phi) is 4.46. The van der Waals surface area contributed by atoms with Gasteiger partial charge in [0.2, 0.25) is 0 Å². The van der Waals surface area contributed by atoms with Crippen LogP contribution in [0.5, 0.6) is 5.75 Å². The second-order valence-corrected chi connectivity index (χ2v) is 5.47. The monoisotopic (exact) mass is 283 g/mol. The SMILES string of the molecule is COc1cccc(CN2CCCC[C@@H]2c2ccncn2)c1. The highest BCUT2D eigenvalue weighted by atomic mass is 16.5. The molecule has 1 aromatic heterocycles. The van der Waals surface area contributed by atoms with E-state index in [1.165, 1.54) is 24.8 Å². The number of rotatable bonds is 4. The summed E-state index contributed by atoms with van der Waals surface area (Å²) in [6, 6.07) is 10.8. The number of likely N-dealkylation sites (tertiary alicyclic amines) is 1. The summed E-state index contributed by atoms with van der Waals surface area (Å²) < 4.78 is 5.32. The van der Waals surface area contributed by atoms with Gasteiger partial charge in [0.15, 0.2) is 0 Å². The predicted octanol–water partition coefficient (Wildman–Crippen LogP) is 3.21. The van der Waals surface area contributed by atoms with Crippen molar-refractivity contribution >= 4 is 0 Å². The largest absolute Gasteiger partial charge is 0.497 e. The van der Waals surface area contributed by atoms with Crippen molar-refractivity contribution in [3.05, 3.63) is 54.1 Å². The highest BCUT2D eigenvalue weighted by molar-refractivity contribution is 5.28. The molecule has 0 amide bonds. The number of hydrogen-bond acceptors (Lipinski definition) is 4. The first-order valence-corrected chi connectivity index (χ1v) is 7.50. The summed E-state index contributed by atoms with van der Waals surface area (Å²) >= 11 is 0. The molecular formula is C17H21N3O. The zero-order valence-electron chi connectivity index (χ0n) is 12.4. The lowest BCUT2D eigenvalue weighted by atomic mass is 9.98. The molecule has 1 atom stereocenters. The standard InChI is InChI=1S/C17H21N3O/c1-21-15-6-4-5-14(11-15)12-20-10-3-2-7-17(20)16-8-9-18-13-19-16/h4-6,8-9,11,13,17H,2-3,7,10,12H2,1H3/t17-/m1/s1. The van der Waals surface area contributed by atoms with Crippen LogP contribution in [0.4, 0.5) is 0 Å². The summed E-state index contributed by atoms with van der Waals surface area (Å²) in [5.74, 6) is 0.920. The highest BCUT2D eigenvalue weighted by Gasteiger charge is 2.24. The minimum Gasteiger partial charge on any atom is -0.497 e. The minimum atomic E-state index is 0.396. The van der Waals surface area contributed by atoms with E-state index in [9.17, 15) is 0 Å². The molecule has 2 heterocycles. The first-order valence-electron chi connectivity index (χ1n) is 7.50. The second-order valence-electron chi connectivity index (χ2n) is 5.47. The van der Waals surface area contributed by atoms with Crippen molar-refractivity contribution in [1.29, 1.82) is 0 Å². The molecule has 0 spiro atoms. The molecule has 0 aliphatic carbocycles. The van der Waals surface area contributed by atoms with Crippen molar-refractivity contribution in [3.8, 4) is 5.75 Å². The molecule has 0 unspecified atom stereocenters. The Morgan fingerprint density at radius 1 is 1.29 bits per heavy atom. The Hall–Kier alpha value is -1.94. The van der Waals surface area contributed by atoms with Gasteiger partial charge in [0.1, 0.15) is 12.1 Å². The maximum absolute atomic E-state index is 5.32. The van der Waals surface area contributed by atoms with Crippen molar-refractivity contribution in [2.45, 2.75) is 31.8 Å². The maximum Gasteiger partial charge on any atom is 0.119 e. The third-order valence-electron chi connectivity index (χ3n) is 4.08. The highest BCUT2D eigenvalue weighted by Crippen LogP contribution is 2.31. The van der Waals surface area contributed by atoms with Gasteiger partial charge in [0.25, 0.3) is 0 Å². The Morgan fingerprint density at radius 3 is 3.05 bits per heavy atom. The van der Waals surface area contributed by atoms with Crippen LogP contribution in [0.15, 0.2) is 42.9 Å². The van der Waals surface area contributed by atoms with Gasteiger partial charge >= 0.3 is 0 Å². The van der Waals surface area contributed by atoms with E-state index in [1.807, 2.05) is 18.3 Å². The van der Waals surface area contributed by atoms with Crippen molar-refractivity contribution in [2.75, 3.05) is 13.7 Å². The van der Waals surface area contributed by atoms with Crippen LogP contribution in [0, 0.1) is 0 Å². The maximum atomic E-state index is 5.32. The molecule has 0 saturated carbocycles. The lowest BCUT2D eigenvalue weighted by Crippen LogP contribution is -2.33. The molecular weight excluding hydrogens is 262 g/mol. The zero-order valence-corrected chi connectivity index (χ0v) is 12.4. The van der Waals surface area contributed by atoms with Gasteiger partial charge in [0.05, 0.1) is 18.8 Å². The first-order chi connectivity index (χ1) is 10.4. The van der Waals surface area contributed by atoms with E-state index in [2.05, 4.69) is 33.1 Å². The fraction of sp³-hybridized carbons (Fsp3) is 0.412. The van der Waals surface area contributed by atoms with E-state index in [0.29, 0.717) is 6.04 Å². The van der Waals surface area contributed by atoms with E-state index in [-0.39, 0.29) is 0 Å². The topological polar surface area (TPSA) is 38.2 Å². The quantitative estimate of drug-likeness (QED) is 0.863. The molecule has 0 bridgehead atoms. The third kappa shape index (κ3) is 3.39. The number of nitrogens with zero attached hydrogens (tertiary/aromatic N) is 3. The van der Waals surface area contributed by atoms with Crippen molar-refractivity contribution in [2.24, 2.45) is 0 Å². The third-order valence-corrected chi connectivity index (χ3v) is 4.08. The number of piperidine rings is 1. The second kappa shape index (κ2) is 6.68. The van der Waals surface area contributed by atoms with Gasteiger partial charge in [-0.2, -0.15) is 0 Å². The Labute approximate surface area is 125 Å². The number of aromatic nitrogens is 2. The summed E-state index contributed by atoms with van der Waals surface area (Å²) in [7, 11) is 1.71. The molecule has 110 valence electrons. The average Bonchev–Trinajstić information content (AvgIpc) is 2.56. The average molecular weight is 283 g/mol. The van der Waals surface area contributed by atoms with E-state index < -0.39 is 0 Å². The van der Waals surface area contributed by atoms with Crippen LogP contribution < -0.4 is 4.74 Å². The summed E-state index contributed by atoms with van der Waals surface area (Å²) in [6.45, 7) is 2.05. The number of hydrogen-bond donors (Lipinski definition) is 0. The molecule has 4 heteroatoms. The van der Waals surface area contributed by atoms with Gasteiger partial charge < -0.3 is 4.74 Å². The van der Waals surface area contributed by atoms with Crippen LogP contribution in [-0.2, 0) is 6.54 Å². The van der Waals surface area contributed by atoms with Gasteiger partial charge in [-0.05, 0) is 43.1 Å². The summed E-state index contributed by atoms with van der Waals surface area (Å²) in [4.78, 5) is 11.0. The molecule has 1 aromatic carbocycles. The van der Waals surface area contributed by atoms with Gasteiger partial charge in [-0.3, -0.25) is 4.90 Å². The van der Waals surface area contributed by atoms with E-state index in [4.69, 9.17) is 4.74 Å². The number of methoxy groups -OCH3 is 1. The van der Waals surface area contributed by atoms with Crippen LogP contribution in [0.2, 0.25) is 0 Å². The van der Waals surface area contributed by atoms with Crippen molar-refractivity contribution in [3.63, 3.8) is 0 Å². The van der Waals surface area contributed by atoms with Gasteiger partial charge in [0, 0.05) is 12.7 Å². The van der Waals surface area contributed by atoms with Crippen LogP contribution in [-0.4, -0.2) is 28.5 Å². The predicted molar refractivity (Wildman–Crippen MR) is 82.0 cm³/mol. The fourth-order valence-electron chi connectivity index (χ4n) is 3.02. The molecule has 1 aliphatic heterocycles. The lowest BCUT2D eigenvalue weighted by Gasteiger charge is -2.35. The first kappa shape index (κ1) is 14.0. The molecule has 2 aromatic rings. The van der Waals surface area contributed by atoms with Gasteiger partial charge in [-0.15, -0.1) is 0 Å². The Balaban J connectivity index is 1.78. The Morgan fingerprint density at radius 2 is 2.24 bits per heavy atom. The van der Waals surface area contributed by atoms with Crippen LogP contribution in [0.1, 0.15) is 36.6 Å². The molecule has 3 rings (SSSR count). The number of ether oxygens (including phenoxy) is 1. The van der Waals surface area contributed by atoms with E-state index in [0.717, 1.165) is 24.5 Å².